The van der Waals surface area contributed by atoms with Crippen LogP contribution in [0.25, 0.3) is 0 Å². The molecule has 1 aromatic rings. The third-order valence-electron chi connectivity index (χ3n) is 2.66. The second-order valence-electron chi connectivity index (χ2n) is 4.63. The van der Waals surface area contributed by atoms with Crippen LogP contribution >= 0.6 is 11.8 Å². The molecule has 0 amide bonds. The molecule has 1 heterocycles. The van der Waals surface area contributed by atoms with Gasteiger partial charge in [0.15, 0.2) is 0 Å². The zero-order chi connectivity index (χ0) is 13.5. The minimum absolute atomic E-state index is 0.249. The lowest BCUT2D eigenvalue weighted by Gasteiger charge is -2.09. The number of pyridine rings is 1. The number of unbranched alkanes of at least 4 members (excludes halogenated alkanes) is 2. The molecule has 0 unspecified atom stereocenters. The lowest BCUT2D eigenvalue weighted by Crippen LogP contribution is -2.02. The van der Waals surface area contributed by atoms with Crippen LogP contribution in [0.2, 0.25) is 0 Å². The molecule has 0 saturated carbocycles. The molecule has 0 radical (unpaired) electrons. The Kier molecular flexibility index (Phi) is 6.19. The van der Waals surface area contributed by atoms with Crippen LogP contribution in [-0.4, -0.2) is 21.8 Å². The van der Waals surface area contributed by atoms with Gasteiger partial charge in [-0.25, -0.2) is 9.78 Å². The first-order chi connectivity index (χ1) is 8.54. The monoisotopic (exact) mass is 267 g/mol. The fourth-order valence-electron chi connectivity index (χ4n) is 1.55. The Hall–Kier alpha value is -1.03. The first kappa shape index (κ1) is 15.0. The van der Waals surface area contributed by atoms with Crippen molar-refractivity contribution in [3.05, 3.63) is 23.4 Å². The summed E-state index contributed by atoms with van der Waals surface area (Å²) in [4.78, 5) is 15.6. The van der Waals surface area contributed by atoms with Crippen LogP contribution in [0.15, 0.2) is 17.2 Å². The molecular weight excluding hydrogens is 246 g/mol. The van der Waals surface area contributed by atoms with Crippen molar-refractivity contribution in [1.29, 1.82) is 0 Å². The van der Waals surface area contributed by atoms with Crippen molar-refractivity contribution < 1.29 is 9.90 Å². The Morgan fingerprint density at radius 1 is 1.39 bits per heavy atom. The minimum atomic E-state index is -0.880. The molecule has 0 fully saturated rings. The number of aromatic carboxylic acids is 1. The van der Waals surface area contributed by atoms with E-state index in [-0.39, 0.29) is 5.92 Å². The van der Waals surface area contributed by atoms with E-state index in [1.165, 1.54) is 12.8 Å². The number of nitrogens with zero attached hydrogens (tertiary/aromatic N) is 1. The van der Waals surface area contributed by atoms with Crippen molar-refractivity contribution in [1.82, 2.24) is 4.98 Å². The van der Waals surface area contributed by atoms with Crippen LogP contribution in [-0.2, 0) is 0 Å². The summed E-state index contributed by atoms with van der Waals surface area (Å²) in [5.74, 6) is 0.371. The van der Waals surface area contributed by atoms with Crippen molar-refractivity contribution in [2.45, 2.75) is 51.0 Å². The van der Waals surface area contributed by atoms with E-state index in [2.05, 4.69) is 11.9 Å². The van der Waals surface area contributed by atoms with E-state index in [0.717, 1.165) is 22.9 Å². The van der Waals surface area contributed by atoms with Gasteiger partial charge >= 0.3 is 5.97 Å². The molecule has 100 valence electrons. The second-order valence-corrected chi connectivity index (χ2v) is 5.75. The number of rotatable bonds is 7. The van der Waals surface area contributed by atoms with E-state index in [1.807, 2.05) is 13.8 Å². The van der Waals surface area contributed by atoms with Gasteiger partial charge < -0.3 is 5.11 Å². The maximum atomic E-state index is 11.1. The van der Waals surface area contributed by atoms with Crippen LogP contribution in [0.5, 0.6) is 0 Å². The molecule has 18 heavy (non-hydrogen) atoms. The van der Waals surface area contributed by atoms with E-state index in [0.29, 0.717) is 5.56 Å². The highest BCUT2D eigenvalue weighted by Crippen LogP contribution is 2.23. The van der Waals surface area contributed by atoms with Crippen LogP contribution in [0.1, 0.15) is 62.0 Å². The van der Waals surface area contributed by atoms with Crippen molar-refractivity contribution in [2.24, 2.45) is 0 Å². The van der Waals surface area contributed by atoms with Gasteiger partial charge in [0.25, 0.3) is 0 Å². The van der Waals surface area contributed by atoms with Gasteiger partial charge in [-0.15, -0.1) is 11.8 Å². The van der Waals surface area contributed by atoms with E-state index >= 15 is 0 Å². The Bertz CT molecular complexity index is 405. The first-order valence-corrected chi connectivity index (χ1v) is 7.41. The molecule has 0 aliphatic rings. The molecule has 0 atom stereocenters. The van der Waals surface area contributed by atoms with Gasteiger partial charge in [0.1, 0.15) is 0 Å². The van der Waals surface area contributed by atoms with Crippen molar-refractivity contribution >= 4 is 17.7 Å². The molecule has 4 heteroatoms. The van der Waals surface area contributed by atoms with E-state index < -0.39 is 5.97 Å². The highest BCUT2D eigenvalue weighted by atomic mass is 32.2. The Labute approximate surface area is 113 Å². The minimum Gasteiger partial charge on any atom is -0.478 e. The number of carbonyl (C=O) groups is 1. The smallest absolute Gasteiger partial charge is 0.335 e. The maximum absolute atomic E-state index is 11.1. The fourth-order valence-corrected chi connectivity index (χ4v) is 2.49. The van der Waals surface area contributed by atoms with E-state index in [4.69, 9.17) is 5.11 Å². The molecule has 1 aromatic heterocycles. The predicted octanol–water partition coefficient (Wildman–Crippen LogP) is 4.19. The number of carboxylic acids is 1. The van der Waals surface area contributed by atoms with Crippen LogP contribution in [0.3, 0.4) is 0 Å². The normalized spacial score (nSPS) is 10.9. The van der Waals surface area contributed by atoms with Gasteiger partial charge in [-0.2, -0.15) is 0 Å². The van der Waals surface area contributed by atoms with Gasteiger partial charge in [0.05, 0.1) is 10.6 Å². The number of aromatic nitrogens is 1. The second kappa shape index (κ2) is 7.41. The van der Waals surface area contributed by atoms with Gasteiger partial charge in [0.2, 0.25) is 0 Å². The van der Waals surface area contributed by atoms with Crippen LogP contribution in [0, 0.1) is 0 Å². The summed E-state index contributed by atoms with van der Waals surface area (Å²) in [6.07, 6.45) is 3.56. The molecule has 0 aliphatic carbocycles. The van der Waals surface area contributed by atoms with Crippen molar-refractivity contribution in [3.63, 3.8) is 0 Å². The number of thioether (sulfide) groups is 1. The summed E-state index contributed by atoms with van der Waals surface area (Å²) < 4.78 is 0. The standard InChI is InChI=1S/C14H21NO2S/c1-4-5-6-7-18-13-9-11(14(16)17)8-12(15-13)10(2)3/h8-10H,4-7H2,1-3H3,(H,16,17). The van der Waals surface area contributed by atoms with Gasteiger partial charge in [-0.05, 0) is 30.2 Å². The lowest BCUT2D eigenvalue weighted by atomic mass is 10.1. The zero-order valence-corrected chi connectivity index (χ0v) is 12.1. The molecule has 0 aromatic carbocycles. The topological polar surface area (TPSA) is 50.2 Å². The zero-order valence-electron chi connectivity index (χ0n) is 11.3. The summed E-state index contributed by atoms with van der Waals surface area (Å²) in [7, 11) is 0. The molecule has 3 nitrogen and oxygen atoms in total. The molecule has 1 rings (SSSR count). The summed E-state index contributed by atoms with van der Waals surface area (Å²) in [5.41, 5.74) is 1.19. The Morgan fingerprint density at radius 2 is 2.11 bits per heavy atom. The van der Waals surface area contributed by atoms with Gasteiger partial charge in [0, 0.05) is 5.69 Å². The van der Waals surface area contributed by atoms with Crippen molar-refractivity contribution in [2.75, 3.05) is 5.75 Å². The average molecular weight is 267 g/mol. The molecule has 0 spiro atoms. The third kappa shape index (κ3) is 4.69. The summed E-state index contributed by atoms with van der Waals surface area (Å²) in [6, 6.07) is 3.34. The molecule has 0 bridgehead atoms. The third-order valence-corrected chi connectivity index (χ3v) is 3.66. The number of hydrogen-bond acceptors (Lipinski definition) is 3. The van der Waals surface area contributed by atoms with Crippen LogP contribution < -0.4 is 0 Å². The molecule has 0 saturated heterocycles. The fraction of sp³-hybridized carbons (Fsp3) is 0.571. The highest BCUT2D eigenvalue weighted by molar-refractivity contribution is 7.99. The van der Waals surface area contributed by atoms with Gasteiger partial charge in [-0.3, -0.25) is 0 Å². The van der Waals surface area contributed by atoms with Gasteiger partial charge in [-0.1, -0.05) is 33.6 Å². The summed E-state index contributed by atoms with van der Waals surface area (Å²) in [5, 5.41) is 9.92. The Morgan fingerprint density at radius 3 is 2.67 bits per heavy atom. The SMILES string of the molecule is CCCCCSc1cc(C(=O)O)cc(C(C)C)n1. The molecule has 0 aliphatic heterocycles. The highest BCUT2D eigenvalue weighted by Gasteiger charge is 2.10. The average Bonchev–Trinajstić information content (AvgIpc) is 2.34. The lowest BCUT2D eigenvalue weighted by molar-refractivity contribution is 0.0696. The number of carboxylic acid groups (broad SMARTS) is 1. The quantitative estimate of drug-likeness (QED) is 0.594. The summed E-state index contributed by atoms with van der Waals surface area (Å²) >= 11 is 1.65. The first-order valence-electron chi connectivity index (χ1n) is 6.42. The predicted molar refractivity (Wildman–Crippen MR) is 75.5 cm³/mol. The van der Waals surface area contributed by atoms with Crippen LogP contribution in [0.4, 0.5) is 0 Å². The molecular formula is C14H21NO2S. The largest absolute Gasteiger partial charge is 0.478 e. The maximum Gasteiger partial charge on any atom is 0.335 e. The molecule has 1 N–H and O–H groups in total. The van der Waals surface area contributed by atoms with E-state index in [1.54, 1.807) is 23.9 Å². The van der Waals surface area contributed by atoms with E-state index in [9.17, 15) is 4.79 Å². The summed E-state index contributed by atoms with van der Waals surface area (Å²) in [6.45, 7) is 6.23. The Balaban J connectivity index is 2.79. The van der Waals surface area contributed by atoms with Crippen molar-refractivity contribution in [3.8, 4) is 0 Å². The number of hydrogen-bond donors (Lipinski definition) is 1.